The van der Waals surface area contributed by atoms with Crippen molar-refractivity contribution in [1.29, 1.82) is 0 Å². The summed E-state index contributed by atoms with van der Waals surface area (Å²) in [6, 6.07) is 12.6. The molecule has 5 rings (SSSR count). The Balaban J connectivity index is 1.04. The third kappa shape index (κ3) is 8.16. The summed E-state index contributed by atoms with van der Waals surface area (Å²) in [7, 11) is 0. The van der Waals surface area contributed by atoms with E-state index in [0.717, 1.165) is 88.1 Å². The van der Waals surface area contributed by atoms with Gasteiger partial charge >= 0.3 is 0 Å². The molecule has 11 nitrogen and oxygen atoms in total. The Morgan fingerprint density at radius 3 is 2.32 bits per heavy atom. The third-order valence-corrected chi connectivity index (χ3v) is 8.15. The molecular formula is C33H42N8O3. The third-order valence-electron chi connectivity index (χ3n) is 8.15. The SMILES string of the molecule is CCCCNc1nc(N)nc2ccc(Cc3ccc(CN4CCN(C(=O)CCCCCN5C(=O)C=CC5=O)CC4)cc3)nc12. The van der Waals surface area contributed by atoms with Gasteiger partial charge in [-0.2, -0.15) is 4.98 Å². The summed E-state index contributed by atoms with van der Waals surface area (Å²) in [5.74, 6) is 0.622. The summed E-state index contributed by atoms with van der Waals surface area (Å²) < 4.78 is 0. The fraction of sp³-hybridized carbons (Fsp3) is 0.455. The number of fused-ring (bicyclic) bond motifs is 1. The zero-order chi connectivity index (χ0) is 30.9. The van der Waals surface area contributed by atoms with Gasteiger partial charge in [-0.3, -0.25) is 24.2 Å². The molecule has 0 unspecified atom stereocenters. The second kappa shape index (κ2) is 14.9. The van der Waals surface area contributed by atoms with Crippen molar-refractivity contribution >= 4 is 40.5 Å². The minimum Gasteiger partial charge on any atom is -0.368 e. The van der Waals surface area contributed by atoms with E-state index in [-0.39, 0.29) is 23.7 Å². The topological polar surface area (TPSA) is 138 Å². The Kier molecular flexibility index (Phi) is 10.5. The normalized spacial score (nSPS) is 15.5. The first-order valence-electron chi connectivity index (χ1n) is 15.7. The number of unbranched alkanes of at least 4 members (excludes halogenated alkanes) is 3. The maximum absolute atomic E-state index is 12.7. The molecule has 232 valence electrons. The van der Waals surface area contributed by atoms with E-state index in [0.29, 0.717) is 25.2 Å². The lowest BCUT2D eigenvalue weighted by Crippen LogP contribution is -2.48. The van der Waals surface area contributed by atoms with Gasteiger partial charge in [-0.25, -0.2) is 9.97 Å². The van der Waals surface area contributed by atoms with Gasteiger partial charge in [-0.1, -0.05) is 44.0 Å². The first kappa shape index (κ1) is 31.1. The number of rotatable bonds is 14. The van der Waals surface area contributed by atoms with Crippen LogP contribution in [0.25, 0.3) is 11.0 Å². The molecule has 0 bridgehead atoms. The summed E-state index contributed by atoms with van der Waals surface area (Å²) in [6.07, 6.45) is 8.27. The van der Waals surface area contributed by atoms with Gasteiger partial charge in [0.15, 0.2) is 5.82 Å². The van der Waals surface area contributed by atoms with Gasteiger partial charge in [-0.05, 0) is 42.5 Å². The smallest absolute Gasteiger partial charge is 0.253 e. The fourth-order valence-corrected chi connectivity index (χ4v) is 5.60. The molecule has 2 aliphatic heterocycles. The van der Waals surface area contributed by atoms with Crippen LogP contribution in [0.4, 0.5) is 11.8 Å². The van der Waals surface area contributed by atoms with Crippen LogP contribution in [0.5, 0.6) is 0 Å². The number of carbonyl (C=O) groups excluding carboxylic acids is 3. The van der Waals surface area contributed by atoms with E-state index in [4.69, 9.17) is 10.7 Å². The monoisotopic (exact) mass is 598 g/mol. The Bertz CT molecular complexity index is 1480. The number of amides is 3. The molecule has 0 saturated carbocycles. The van der Waals surface area contributed by atoms with Gasteiger partial charge < -0.3 is 16.0 Å². The number of aromatic nitrogens is 3. The number of nitrogens with one attached hydrogen (secondary N) is 1. The molecule has 1 fully saturated rings. The number of pyridine rings is 1. The van der Waals surface area contributed by atoms with E-state index >= 15 is 0 Å². The molecule has 0 aliphatic carbocycles. The molecule has 44 heavy (non-hydrogen) atoms. The molecule has 2 aliphatic rings. The zero-order valence-electron chi connectivity index (χ0n) is 25.5. The standard InChI is InChI=1S/C33H42N8O3/c1-2-3-16-35-32-31-27(37-33(34)38-32)13-12-26(36-31)22-24-8-10-25(11-9-24)23-39-18-20-40(21-19-39)28(42)7-5-4-6-17-41-29(43)14-15-30(41)44/h8-15H,2-7,16-23H2,1H3,(H3,34,35,37,38). The van der Waals surface area contributed by atoms with Crippen molar-refractivity contribution in [3.05, 3.63) is 65.4 Å². The highest BCUT2D eigenvalue weighted by molar-refractivity contribution is 6.12. The van der Waals surface area contributed by atoms with Gasteiger partial charge in [0, 0.05) is 76.5 Å². The summed E-state index contributed by atoms with van der Waals surface area (Å²) in [6.45, 7) is 7.40. The number of anilines is 2. The van der Waals surface area contributed by atoms with Gasteiger partial charge in [-0.15, -0.1) is 0 Å². The fourth-order valence-electron chi connectivity index (χ4n) is 5.60. The maximum atomic E-state index is 12.7. The van der Waals surface area contributed by atoms with Gasteiger partial charge in [0.25, 0.3) is 11.8 Å². The molecule has 3 aromatic rings. The van der Waals surface area contributed by atoms with Crippen LogP contribution in [0, 0.1) is 0 Å². The highest BCUT2D eigenvalue weighted by Gasteiger charge is 2.23. The van der Waals surface area contributed by atoms with E-state index in [1.165, 1.54) is 28.2 Å². The van der Waals surface area contributed by atoms with Crippen molar-refractivity contribution in [1.82, 2.24) is 29.7 Å². The number of nitrogens with two attached hydrogens (primary N) is 1. The summed E-state index contributed by atoms with van der Waals surface area (Å²) >= 11 is 0. The van der Waals surface area contributed by atoms with E-state index in [1.54, 1.807) is 0 Å². The second-order valence-electron chi connectivity index (χ2n) is 11.5. The van der Waals surface area contributed by atoms with E-state index in [9.17, 15) is 14.4 Å². The molecule has 0 spiro atoms. The maximum Gasteiger partial charge on any atom is 0.253 e. The number of nitrogens with zero attached hydrogens (tertiary/aromatic N) is 6. The average molecular weight is 599 g/mol. The molecule has 11 heteroatoms. The molecule has 1 saturated heterocycles. The van der Waals surface area contributed by atoms with E-state index in [2.05, 4.69) is 51.4 Å². The number of imide groups is 1. The largest absolute Gasteiger partial charge is 0.368 e. The Morgan fingerprint density at radius 2 is 1.59 bits per heavy atom. The number of nitrogen functional groups attached to an aromatic ring is 1. The van der Waals surface area contributed by atoms with Gasteiger partial charge in [0.1, 0.15) is 5.52 Å². The van der Waals surface area contributed by atoms with Crippen molar-refractivity contribution in [3.8, 4) is 0 Å². The Hall–Kier alpha value is -4.38. The van der Waals surface area contributed by atoms with Crippen molar-refractivity contribution in [2.24, 2.45) is 0 Å². The molecule has 2 aromatic heterocycles. The number of carbonyl (C=O) groups is 3. The minimum absolute atomic E-state index is 0.185. The van der Waals surface area contributed by atoms with Crippen LogP contribution < -0.4 is 11.1 Å². The molecule has 1 aromatic carbocycles. The van der Waals surface area contributed by atoms with Crippen LogP contribution in [0.3, 0.4) is 0 Å². The number of piperazine rings is 1. The lowest BCUT2D eigenvalue weighted by atomic mass is 10.1. The minimum atomic E-state index is -0.245. The number of benzene rings is 1. The first-order valence-corrected chi connectivity index (χ1v) is 15.7. The van der Waals surface area contributed by atoms with Crippen LogP contribution in [0.1, 0.15) is 62.3 Å². The highest BCUT2D eigenvalue weighted by atomic mass is 16.2. The molecule has 0 atom stereocenters. The second-order valence-corrected chi connectivity index (χ2v) is 11.5. The van der Waals surface area contributed by atoms with Crippen LogP contribution in [-0.2, 0) is 27.3 Å². The van der Waals surface area contributed by atoms with E-state index < -0.39 is 0 Å². The van der Waals surface area contributed by atoms with Crippen LogP contribution in [0.2, 0.25) is 0 Å². The number of hydrogen-bond donors (Lipinski definition) is 2. The van der Waals surface area contributed by atoms with Crippen LogP contribution >= 0.6 is 0 Å². The molecule has 3 N–H and O–H groups in total. The number of hydrogen-bond acceptors (Lipinski definition) is 9. The van der Waals surface area contributed by atoms with Crippen LogP contribution in [-0.4, -0.2) is 86.6 Å². The summed E-state index contributed by atoms with van der Waals surface area (Å²) in [5.41, 5.74) is 10.8. The quantitative estimate of drug-likeness (QED) is 0.211. The first-order chi connectivity index (χ1) is 21.4. The Labute approximate surface area is 258 Å². The van der Waals surface area contributed by atoms with Crippen molar-refractivity contribution in [3.63, 3.8) is 0 Å². The van der Waals surface area contributed by atoms with Gasteiger partial charge in [0.2, 0.25) is 11.9 Å². The van der Waals surface area contributed by atoms with Crippen molar-refractivity contribution in [2.45, 2.75) is 58.4 Å². The zero-order valence-corrected chi connectivity index (χ0v) is 25.5. The summed E-state index contributed by atoms with van der Waals surface area (Å²) in [4.78, 5) is 55.1. The predicted octanol–water partition coefficient (Wildman–Crippen LogP) is 3.54. The van der Waals surface area contributed by atoms with Crippen LogP contribution in [0.15, 0.2) is 48.6 Å². The Morgan fingerprint density at radius 1 is 0.864 bits per heavy atom. The van der Waals surface area contributed by atoms with Crippen molar-refractivity contribution < 1.29 is 14.4 Å². The summed E-state index contributed by atoms with van der Waals surface area (Å²) in [5, 5.41) is 3.36. The predicted molar refractivity (Wildman–Crippen MR) is 171 cm³/mol. The van der Waals surface area contributed by atoms with Gasteiger partial charge in [0.05, 0.1) is 5.52 Å². The average Bonchev–Trinajstić information content (AvgIpc) is 3.34. The van der Waals surface area contributed by atoms with E-state index in [1.807, 2.05) is 17.0 Å². The molecule has 3 amide bonds. The lowest BCUT2D eigenvalue weighted by molar-refractivity contribution is -0.137. The highest BCUT2D eigenvalue weighted by Crippen LogP contribution is 2.21. The lowest BCUT2D eigenvalue weighted by Gasteiger charge is -2.35. The van der Waals surface area contributed by atoms with Crippen molar-refractivity contribution in [2.75, 3.05) is 50.3 Å². The molecule has 0 radical (unpaired) electrons. The molecule has 4 heterocycles. The molecular weight excluding hydrogens is 556 g/mol.